The molecule has 0 saturated heterocycles. The van der Waals surface area contributed by atoms with Gasteiger partial charge in [-0.2, -0.15) is 0 Å². The maximum atomic E-state index is 12.6. The largest absolute Gasteiger partial charge is 0.354 e. The minimum absolute atomic E-state index is 0.0412. The standard InChI is InChI=1S/C20H31N3O/c1-15(23-12-10-16-7-3-4-8-17(16)14-23)13-22-19(24)18-9-5-6-11-20(18,2)21/h3-4,7-8,15,18H,5-6,9-14,21H2,1-2H3,(H,22,24). The molecule has 132 valence electrons. The lowest BCUT2D eigenvalue weighted by Crippen LogP contribution is -2.54. The van der Waals surface area contributed by atoms with E-state index in [9.17, 15) is 4.79 Å². The van der Waals surface area contributed by atoms with Gasteiger partial charge >= 0.3 is 0 Å². The van der Waals surface area contributed by atoms with Crippen molar-refractivity contribution in [3.8, 4) is 0 Å². The van der Waals surface area contributed by atoms with Crippen molar-refractivity contribution in [2.75, 3.05) is 13.1 Å². The van der Waals surface area contributed by atoms with Crippen molar-refractivity contribution in [3.05, 3.63) is 35.4 Å². The second kappa shape index (κ2) is 7.24. The zero-order valence-corrected chi connectivity index (χ0v) is 15.1. The van der Waals surface area contributed by atoms with Crippen LogP contribution in [0.15, 0.2) is 24.3 Å². The Balaban J connectivity index is 1.52. The van der Waals surface area contributed by atoms with Gasteiger partial charge in [0, 0.05) is 31.2 Å². The first kappa shape index (κ1) is 17.4. The molecule has 4 nitrogen and oxygen atoms in total. The first-order valence-electron chi connectivity index (χ1n) is 9.35. The predicted molar refractivity (Wildman–Crippen MR) is 97.6 cm³/mol. The lowest BCUT2D eigenvalue weighted by atomic mass is 9.74. The Hall–Kier alpha value is -1.39. The van der Waals surface area contributed by atoms with Gasteiger partial charge in [-0.05, 0) is 44.2 Å². The number of nitrogens with one attached hydrogen (secondary N) is 1. The Morgan fingerprint density at radius 3 is 2.88 bits per heavy atom. The number of hydrogen-bond acceptors (Lipinski definition) is 3. The fourth-order valence-electron chi connectivity index (χ4n) is 4.18. The molecule has 24 heavy (non-hydrogen) atoms. The van der Waals surface area contributed by atoms with Gasteiger partial charge in [-0.15, -0.1) is 0 Å². The second-order valence-electron chi connectivity index (χ2n) is 7.89. The molecule has 3 unspecified atom stereocenters. The SMILES string of the molecule is CC(CNC(=O)C1CCCCC1(C)N)N1CCc2ccccc2C1. The lowest BCUT2D eigenvalue weighted by molar-refractivity contribution is -0.128. The highest BCUT2D eigenvalue weighted by Gasteiger charge is 2.37. The first-order chi connectivity index (χ1) is 11.5. The maximum absolute atomic E-state index is 12.6. The molecule has 0 radical (unpaired) electrons. The summed E-state index contributed by atoms with van der Waals surface area (Å²) < 4.78 is 0. The number of carbonyl (C=O) groups is 1. The Kier molecular flexibility index (Phi) is 5.26. The molecule has 2 aliphatic rings. The van der Waals surface area contributed by atoms with E-state index in [2.05, 4.69) is 41.4 Å². The fourth-order valence-corrected chi connectivity index (χ4v) is 4.18. The van der Waals surface area contributed by atoms with Gasteiger partial charge in [0.15, 0.2) is 0 Å². The minimum Gasteiger partial charge on any atom is -0.354 e. The third kappa shape index (κ3) is 3.81. The van der Waals surface area contributed by atoms with E-state index in [0.29, 0.717) is 12.6 Å². The molecule has 0 spiro atoms. The molecule has 0 bridgehead atoms. The molecule has 1 amide bonds. The van der Waals surface area contributed by atoms with E-state index < -0.39 is 0 Å². The van der Waals surface area contributed by atoms with Crippen LogP contribution in [0, 0.1) is 5.92 Å². The number of hydrogen-bond donors (Lipinski definition) is 2. The van der Waals surface area contributed by atoms with E-state index in [1.54, 1.807) is 0 Å². The summed E-state index contributed by atoms with van der Waals surface area (Å²) in [4.78, 5) is 15.1. The third-order valence-corrected chi connectivity index (χ3v) is 5.93. The van der Waals surface area contributed by atoms with Gasteiger partial charge in [0.25, 0.3) is 0 Å². The smallest absolute Gasteiger partial charge is 0.225 e. The van der Waals surface area contributed by atoms with Crippen molar-refractivity contribution in [1.82, 2.24) is 10.2 Å². The van der Waals surface area contributed by atoms with Gasteiger partial charge in [0.05, 0.1) is 5.92 Å². The molecule has 1 saturated carbocycles. The topological polar surface area (TPSA) is 58.4 Å². The molecule has 1 fully saturated rings. The lowest BCUT2D eigenvalue weighted by Gasteiger charge is -2.38. The van der Waals surface area contributed by atoms with Gasteiger partial charge in [-0.1, -0.05) is 37.1 Å². The highest BCUT2D eigenvalue weighted by atomic mass is 16.1. The van der Waals surface area contributed by atoms with Crippen LogP contribution >= 0.6 is 0 Å². The number of amides is 1. The summed E-state index contributed by atoms with van der Waals surface area (Å²) in [5, 5.41) is 3.17. The van der Waals surface area contributed by atoms with Crippen LogP contribution in [-0.4, -0.2) is 35.5 Å². The van der Waals surface area contributed by atoms with Crippen LogP contribution in [0.25, 0.3) is 0 Å². The van der Waals surface area contributed by atoms with Gasteiger partial charge < -0.3 is 11.1 Å². The Morgan fingerprint density at radius 1 is 1.38 bits per heavy atom. The first-order valence-corrected chi connectivity index (χ1v) is 9.35. The quantitative estimate of drug-likeness (QED) is 0.892. The molecular weight excluding hydrogens is 298 g/mol. The van der Waals surface area contributed by atoms with Crippen molar-refractivity contribution in [2.24, 2.45) is 11.7 Å². The molecule has 1 aliphatic carbocycles. The van der Waals surface area contributed by atoms with Crippen LogP contribution in [0.3, 0.4) is 0 Å². The predicted octanol–water partition coefficient (Wildman–Crippen LogP) is 2.46. The molecule has 1 aromatic rings. The number of fused-ring (bicyclic) bond motifs is 1. The molecule has 4 heteroatoms. The highest BCUT2D eigenvalue weighted by Crippen LogP contribution is 2.31. The normalized spacial score (nSPS) is 28.9. The second-order valence-corrected chi connectivity index (χ2v) is 7.89. The van der Waals surface area contributed by atoms with Gasteiger partial charge in [0.2, 0.25) is 5.91 Å². The molecule has 3 N–H and O–H groups in total. The van der Waals surface area contributed by atoms with Crippen molar-refractivity contribution in [3.63, 3.8) is 0 Å². The van der Waals surface area contributed by atoms with E-state index in [-0.39, 0.29) is 17.4 Å². The monoisotopic (exact) mass is 329 g/mol. The van der Waals surface area contributed by atoms with Gasteiger partial charge in [0.1, 0.15) is 0 Å². The van der Waals surface area contributed by atoms with Crippen LogP contribution < -0.4 is 11.1 Å². The Labute approximate surface area is 145 Å². The number of carbonyl (C=O) groups excluding carboxylic acids is 1. The molecule has 0 aromatic heterocycles. The van der Waals surface area contributed by atoms with Crippen LogP contribution in [0.2, 0.25) is 0 Å². The minimum atomic E-state index is -0.352. The molecule has 3 rings (SSSR count). The number of rotatable bonds is 4. The maximum Gasteiger partial charge on any atom is 0.225 e. The van der Waals surface area contributed by atoms with E-state index in [1.165, 1.54) is 11.1 Å². The summed E-state index contributed by atoms with van der Waals surface area (Å²) in [7, 11) is 0. The van der Waals surface area contributed by atoms with E-state index in [0.717, 1.165) is 45.2 Å². The summed E-state index contributed by atoms with van der Waals surface area (Å²) in [6, 6.07) is 9.01. The molecule has 1 aromatic carbocycles. The fraction of sp³-hybridized carbons (Fsp3) is 0.650. The zero-order valence-electron chi connectivity index (χ0n) is 15.1. The van der Waals surface area contributed by atoms with Gasteiger partial charge in [-0.3, -0.25) is 9.69 Å². The summed E-state index contributed by atoms with van der Waals surface area (Å²) in [6.45, 7) is 6.98. The number of nitrogens with two attached hydrogens (primary N) is 1. The van der Waals surface area contributed by atoms with Crippen LogP contribution in [0.5, 0.6) is 0 Å². The number of benzene rings is 1. The van der Waals surface area contributed by atoms with Crippen molar-refractivity contribution in [1.29, 1.82) is 0 Å². The van der Waals surface area contributed by atoms with E-state index in [4.69, 9.17) is 5.73 Å². The summed E-state index contributed by atoms with van der Waals surface area (Å²) in [6.07, 6.45) is 5.22. The molecule has 3 atom stereocenters. The average molecular weight is 329 g/mol. The van der Waals surface area contributed by atoms with Crippen LogP contribution in [0.1, 0.15) is 50.7 Å². The van der Waals surface area contributed by atoms with Crippen LogP contribution in [0.4, 0.5) is 0 Å². The summed E-state index contributed by atoms with van der Waals surface area (Å²) >= 11 is 0. The summed E-state index contributed by atoms with van der Waals surface area (Å²) in [5.41, 5.74) is 8.89. The Bertz CT molecular complexity index is 584. The van der Waals surface area contributed by atoms with Crippen molar-refractivity contribution < 1.29 is 4.79 Å². The highest BCUT2D eigenvalue weighted by molar-refractivity contribution is 5.80. The van der Waals surface area contributed by atoms with Gasteiger partial charge in [-0.25, -0.2) is 0 Å². The average Bonchev–Trinajstić information content (AvgIpc) is 2.58. The zero-order chi connectivity index (χ0) is 17.2. The number of nitrogens with zero attached hydrogens (tertiary/aromatic N) is 1. The molecule has 1 heterocycles. The van der Waals surface area contributed by atoms with E-state index in [1.807, 2.05) is 6.92 Å². The van der Waals surface area contributed by atoms with E-state index >= 15 is 0 Å². The van der Waals surface area contributed by atoms with Crippen LogP contribution in [-0.2, 0) is 17.8 Å². The Morgan fingerprint density at radius 2 is 2.12 bits per heavy atom. The molecule has 1 aliphatic heterocycles. The van der Waals surface area contributed by atoms with Crippen molar-refractivity contribution >= 4 is 5.91 Å². The third-order valence-electron chi connectivity index (χ3n) is 5.93. The summed E-state index contributed by atoms with van der Waals surface area (Å²) in [5.74, 6) is 0.101. The molecular formula is C20H31N3O. The van der Waals surface area contributed by atoms with Crippen molar-refractivity contribution in [2.45, 2.75) is 64.1 Å².